The number of rotatable bonds is 14. The van der Waals surface area contributed by atoms with Crippen LogP contribution in [0.2, 0.25) is 0 Å². The molecule has 0 aliphatic carbocycles. The van der Waals surface area contributed by atoms with Crippen LogP contribution in [-0.2, 0) is 27.0 Å². The highest BCUT2D eigenvalue weighted by molar-refractivity contribution is 7.81. The summed E-state index contributed by atoms with van der Waals surface area (Å²) in [6.45, 7) is 16.6. The number of benzene rings is 3. The number of thiocarbonyl (C=S) groups is 1. The number of halogens is 3. The molecule has 0 radical (unpaired) electrons. The van der Waals surface area contributed by atoms with Gasteiger partial charge in [-0.15, -0.1) is 11.3 Å². The first kappa shape index (κ1) is 54.5. The number of nitriles is 1. The molecule has 392 valence electrons. The molecule has 5 aromatic rings. The second kappa shape index (κ2) is 22.6. The number of thiazole rings is 1. The fourth-order valence-electron chi connectivity index (χ4n) is 9.78. The van der Waals surface area contributed by atoms with Gasteiger partial charge in [0.25, 0.3) is 5.91 Å². The summed E-state index contributed by atoms with van der Waals surface area (Å²) in [5.41, 5.74) is 3.59. The molecule has 19 heteroatoms. The normalized spacial score (nSPS) is 18.5. The molecule has 3 fully saturated rings. The lowest BCUT2D eigenvalue weighted by Crippen LogP contribution is -2.57. The summed E-state index contributed by atoms with van der Waals surface area (Å²) in [5, 5.41) is 26.4. The average Bonchev–Trinajstić information content (AvgIpc) is 4.05. The number of piperazine rings is 1. The smallest absolute Gasteiger partial charge is 0.391 e. The monoisotopic (exact) mass is 1060 g/mol. The third kappa shape index (κ3) is 12.4. The van der Waals surface area contributed by atoms with Crippen LogP contribution >= 0.6 is 23.6 Å². The molecule has 0 spiro atoms. The molecule has 14 nitrogen and oxygen atoms in total. The second-order valence-corrected chi connectivity index (χ2v) is 21.9. The molecule has 3 aromatic carbocycles. The van der Waals surface area contributed by atoms with Crippen molar-refractivity contribution < 1.29 is 32.7 Å². The predicted molar refractivity (Wildman–Crippen MR) is 289 cm³/mol. The molecule has 3 amide bonds. The van der Waals surface area contributed by atoms with Crippen molar-refractivity contribution in [1.29, 1.82) is 5.26 Å². The molecule has 0 saturated carbocycles. The van der Waals surface area contributed by atoms with E-state index in [-0.39, 0.29) is 35.6 Å². The van der Waals surface area contributed by atoms with Crippen molar-refractivity contribution >= 4 is 63.6 Å². The maximum absolute atomic E-state index is 14.2. The van der Waals surface area contributed by atoms with Gasteiger partial charge in [0, 0.05) is 68.7 Å². The number of amides is 3. The van der Waals surface area contributed by atoms with E-state index < -0.39 is 52.4 Å². The highest BCUT2D eigenvalue weighted by Crippen LogP contribution is 2.40. The first-order chi connectivity index (χ1) is 35.6. The number of hydrogen-bond acceptors (Lipinski definition) is 12. The van der Waals surface area contributed by atoms with E-state index in [9.17, 15) is 37.9 Å². The largest absolute Gasteiger partial charge is 0.417 e. The number of nitrogens with one attached hydrogen (secondary N) is 2. The first-order valence-corrected chi connectivity index (χ1v) is 26.3. The van der Waals surface area contributed by atoms with Gasteiger partial charge < -0.3 is 30.4 Å². The quantitative estimate of drug-likeness (QED) is 0.0570. The second-order valence-electron chi connectivity index (χ2n) is 20.7. The van der Waals surface area contributed by atoms with E-state index in [1.165, 1.54) is 6.07 Å². The van der Waals surface area contributed by atoms with E-state index in [1.54, 1.807) is 71.5 Å². The molecule has 2 unspecified atom stereocenters. The third-order valence-corrected chi connectivity index (χ3v) is 15.3. The van der Waals surface area contributed by atoms with Gasteiger partial charge in [-0.05, 0) is 130 Å². The van der Waals surface area contributed by atoms with E-state index in [2.05, 4.69) is 61.5 Å². The molecule has 3 saturated heterocycles. The van der Waals surface area contributed by atoms with Crippen LogP contribution in [0, 0.1) is 35.5 Å². The number of aryl methyl sites for hydroxylation is 1. The number of β-amino-alcohol motifs (C(OH)–C–C–N with tert-alkyl or cyclic N) is 1. The molecule has 75 heavy (non-hydrogen) atoms. The summed E-state index contributed by atoms with van der Waals surface area (Å²) in [5.74, 6) is 6.22. The van der Waals surface area contributed by atoms with Gasteiger partial charge in [0.1, 0.15) is 17.4 Å². The van der Waals surface area contributed by atoms with Crippen LogP contribution in [0.3, 0.4) is 0 Å². The SMILES string of the molecule is Cc1ncsc1-c1ccc(CCNC(=O)C2CC(O)CN2C(=O)[C@@H](NCCCN2CCN(c3ccc(C#Cc4ccc(N5C(=S)N(c6ccc(C#N)c(C(F)(F)F)c6)C(=O)C5(C)C)cc4)cn3)CC2)C(C)(C)C)cc1. The standard InChI is InChI=1S/C56H61F3N10O4S2/c1-36-48(75-35-64-36)40-15-10-38(11-16-40)22-24-62-50(71)46-31-44(70)34-67(46)51(72)49(54(2,3)4)61-23-7-25-65-26-28-66(29-27-65)47-21-14-39(33-63-47)9-8-37-12-18-42(19-13-37)69-53(74)68(52(73)55(69,5)6)43-20-17-41(32-60)45(30-43)56(57,58)59/h10-21,30,33,35,44,46,49,61,70H,7,22-29,31,34H2,1-6H3,(H,62,71)/t44?,46?,49-/m1/s1. The topological polar surface area (TPSA) is 161 Å². The number of anilines is 3. The number of aliphatic hydroxyl groups is 1. The van der Waals surface area contributed by atoms with Crippen LogP contribution in [0.1, 0.15) is 81.0 Å². The molecule has 8 rings (SSSR count). The van der Waals surface area contributed by atoms with Gasteiger partial charge in [-0.1, -0.05) is 56.9 Å². The number of likely N-dealkylation sites (tertiary alicyclic amines) is 1. The van der Waals surface area contributed by atoms with E-state index >= 15 is 0 Å². The summed E-state index contributed by atoms with van der Waals surface area (Å²) >= 11 is 7.28. The van der Waals surface area contributed by atoms with Gasteiger partial charge in [0.15, 0.2) is 5.11 Å². The molecular formula is C56H61F3N10O4S2. The Morgan fingerprint density at radius 1 is 0.933 bits per heavy atom. The zero-order chi connectivity index (χ0) is 53.8. The Kier molecular flexibility index (Phi) is 16.4. The number of hydrogen-bond donors (Lipinski definition) is 3. The van der Waals surface area contributed by atoms with Crippen LogP contribution in [0.4, 0.5) is 30.4 Å². The number of carbonyl (C=O) groups is 3. The van der Waals surface area contributed by atoms with Gasteiger partial charge in [0.2, 0.25) is 11.8 Å². The van der Waals surface area contributed by atoms with Crippen LogP contribution in [0.15, 0.2) is 90.6 Å². The van der Waals surface area contributed by atoms with Crippen LogP contribution in [0.25, 0.3) is 10.4 Å². The lowest BCUT2D eigenvalue weighted by atomic mass is 9.85. The summed E-state index contributed by atoms with van der Waals surface area (Å²) < 4.78 is 41.3. The van der Waals surface area contributed by atoms with Gasteiger partial charge >= 0.3 is 6.18 Å². The van der Waals surface area contributed by atoms with E-state index in [1.807, 2.05) is 45.3 Å². The minimum absolute atomic E-state index is 0.00836. The Labute approximate surface area is 445 Å². The molecule has 3 N–H and O–H groups in total. The van der Waals surface area contributed by atoms with Crippen molar-refractivity contribution in [3.05, 3.63) is 124 Å². The fourth-order valence-corrected chi connectivity index (χ4v) is 11.1. The van der Waals surface area contributed by atoms with E-state index in [4.69, 9.17) is 17.2 Å². The number of aliphatic hydroxyl groups excluding tert-OH is 1. The Balaban J connectivity index is 0.781. The lowest BCUT2D eigenvalue weighted by molar-refractivity contribution is -0.142. The third-order valence-electron chi connectivity index (χ3n) is 13.9. The Morgan fingerprint density at radius 2 is 1.61 bits per heavy atom. The molecule has 2 aromatic heterocycles. The predicted octanol–water partition coefficient (Wildman–Crippen LogP) is 7.56. The number of pyridine rings is 1. The van der Waals surface area contributed by atoms with Crippen LogP contribution < -0.4 is 25.3 Å². The number of nitrogens with zero attached hydrogens (tertiary/aromatic N) is 8. The zero-order valence-corrected chi connectivity index (χ0v) is 44.5. The van der Waals surface area contributed by atoms with Crippen molar-refractivity contribution in [3.63, 3.8) is 0 Å². The van der Waals surface area contributed by atoms with E-state index in [0.29, 0.717) is 30.8 Å². The van der Waals surface area contributed by atoms with E-state index in [0.717, 1.165) is 89.3 Å². The Morgan fingerprint density at radius 3 is 2.24 bits per heavy atom. The summed E-state index contributed by atoms with van der Waals surface area (Å²) in [4.78, 5) is 60.3. The minimum Gasteiger partial charge on any atom is -0.391 e. The Bertz CT molecular complexity index is 3010. The summed E-state index contributed by atoms with van der Waals surface area (Å²) in [7, 11) is 0. The van der Waals surface area contributed by atoms with Gasteiger partial charge in [-0.25, -0.2) is 9.97 Å². The van der Waals surface area contributed by atoms with Crippen molar-refractivity contribution in [2.24, 2.45) is 5.41 Å². The van der Waals surface area contributed by atoms with Gasteiger partial charge in [-0.2, -0.15) is 18.4 Å². The average molecular weight is 1060 g/mol. The number of carbonyl (C=O) groups excluding carboxylic acids is 3. The van der Waals surface area contributed by atoms with Crippen molar-refractivity contribution in [2.75, 3.05) is 67.1 Å². The lowest BCUT2D eigenvalue weighted by Gasteiger charge is -2.37. The molecular weight excluding hydrogens is 998 g/mol. The number of aromatic nitrogens is 2. The van der Waals surface area contributed by atoms with Crippen molar-refractivity contribution in [3.8, 4) is 28.4 Å². The molecule has 0 bridgehead atoms. The van der Waals surface area contributed by atoms with Gasteiger partial charge in [-0.3, -0.25) is 24.2 Å². The summed E-state index contributed by atoms with van der Waals surface area (Å²) in [6.07, 6.45) is -2.17. The number of alkyl halides is 3. The maximum atomic E-state index is 14.2. The fraction of sp³-hybridized carbons (Fsp3) is 0.411. The van der Waals surface area contributed by atoms with Crippen molar-refractivity contribution in [2.45, 2.75) is 90.7 Å². The van der Waals surface area contributed by atoms with Crippen molar-refractivity contribution in [1.82, 2.24) is 30.4 Å². The molecule has 3 aliphatic heterocycles. The highest BCUT2D eigenvalue weighted by Gasteiger charge is 2.51. The summed E-state index contributed by atoms with van der Waals surface area (Å²) in [6, 6.07) is 22.6. The molecule has 3 atom stereocenters. The van der Waals surface area contributed by atoms with Gasteiger partial charge in [0.05, 0.1) is 51.1 Å². The highest BCUT2D eigenvalue weighted by atomic mass is 32.1. The Hall–Kier alpha value is -6.74. The van der Waals surface area contributed by atoms with Crippen LogP contribution in [-0.4, -0.2) is 124 Å². The first-order valence-electron chi connectivity index (χ1n) is 25.0. The maximum Gasteiger partial charge on any atom is 0.417 e. The van der Waals surface area contributed by atoms with Crippen LogP contribution in [0.5, 0.6) is 0 Å². The molecule has 5 heterocycles. The minimum atomic E-state index is -4.80. The molecule has 3 aliphatic rings. The zero-order valence-electron chi connectivity index (χ0n) is 42.9.